The van der Waals surface area contributed by atoms with Crippen LogP contribution in [0.3, 0.4) is 0 Å². The summed E-state index contributed by atoms with van der Waals surface area (Å²) >= 11 is 0. The van der Waals surface area contributed by atoms with Gasteiger partial charge >= 0.3 is 10.2 Å². The van der Waals surface area contributed by atoms with Crippen molar-refractivity contribution in [2.45, 2.75) is 4.90 Å². The Labute approximate surface area is 61.9 Å². The highest BCUT2D eigenvalue weighted by atomic mass is 32.3. The van der Waals surface area contributed by atoms with Crippen molar-refractivity contribution in [3.63, 3.8) is 0 Å². The Kier molecular flexibility index (Phi) is 1.86. The number of nitrogens with zero attached hydrogens (tertiary/aromatic N) is 1. The first-order chi connectivity index (χ1) is 5.00. The molecule has 1 rings (SSSR count). The smallest absolute Gasteiger partial charge is 0.227 e. The maximum Gasteiger partial charge on any atom is 0.333 e. The van der Waals surface area contributed by atoms with Gasteiger partial charge in [0.15, 0.2) is 0 Å². The molecule has 1 aromatic rings. The molecule has 0 saturated heterocycles. The van der Waals surface area contributed by atoms with Crippen LogP contribution >= 0.6 is 0 Å². The number of rotatable bonds is 1. The van der Waals surface area contributed by atoms with Crippen molar-refractivity contribution in [2.75, 3.05) is 0 Å². The van der Waals surface area contributed by atoms with Gasteiger partial charge in [0.25, 0.3) is 0 Å². The number of aromatic nitrogens is 1. The van der Waals surface area contributed by atoms with Crippen molar-refractivity contribution in [3.8, 4) is 0 Å². The quantitative estimate of drug-likeness (QED) is 0.475. The van der Waals surface area contributed by atoms with Gasteiger partial charge in [-0.05, 0) is 12.1 Å². The Morgan fingerprint density at radius 1 is 1.36 bits per heavy atom. The molecule has 0 fully saturated rings. The molecule has 60 valence electrons. The van der Waals surface area contributed by atoms with Gasteiger partial charge in [-0.2, -0.15) is 12.8 Å². The lowest BCUT2D eigenvalue weighted by Gasteiger charge is -1.91. The zero-order valence-corrected chi connectivity index (χ0v) is 5.98. The van der Waals surface area contributed by atoms with Gasteiger partial charge < -0.3 is 0 Å². The van der Waals surface area contributed by atoms with Crippen molar-refractivity contribution in [1.82, 2.24) is 4.98 Å². The molecule has 0 radical (unpaired) electrons. The minimum absolute atomic E-state index is 0.616. The Bertz CT molecular complexity index is 345. The van der Waals surface area contributed by atoms with Crippen molar-refractivity contribution >= 4 is 10.2 Å². The fourth-order valence-electron chi connectivity index (χ4n) is 0.506. The molecular formula is C5H3F2NO2S. The third-order valence-electron chi connectivity index (χ3n) is 0.982. The highest BCUT2D eigenvalue weighted by molar-refractivity contribution is 7.86. The molecule has 0 N–H and O–H groups in total. The molecule has 11 heavy (non-hydrogen) atoms. The summed E-state index contributed by atoms with van der Waals surface area (Å²) in [5.74, 6) is -0.850. The zero-order valence-electron chi connectivity index (χ0n) is 5.16. The Hall–Kier alpha value is -1.04. The van der Waals surface area contributed by atoms with Gasteiger partial charge in [0.05, 0.1) is 6.20 Å². The summed E-state index contributed by atoms with van der Waals surface area (Å²) in [6.45, 7) is 0. The fourth-order valence-corrected chi connectivity index (χ4v) is 0.916. The fraction of sp³-hybridized carbons (Fsp3) is 0. The molecule has 0 aliphatic rings. The molecule has 0 spiro atoms. The van der Waals surface area contributed by atoms with E-state index in [2.05, 4.69) is 4.98 Å². The normalized spacial score (nSPS) is 11.5. The van der Waals surface area contributed by atoms with Crippen LogP contribution in [0.15, 0.2) is 23.2 Å². The lowest BCUT2D eigenvalue weighted by atomic mass is 10.5. The van der Waals surface area contributed by atoms with Crippen molar-refractivity contribution < 1.29 is 16.7 Å². The van der Waals surface area contributed by atoms with E-state index in [1.165, 1.54) is 0 Å². The monoisotopic (exact) mass is 179 g/mol. The average Bonchev–Trinajstić information content (AvgIpc) is 1.86. The molecular weight excluding hydrogens is 176 g/mol. The standard InChI is InChI=1S/C5H3F2NO2S/c6-5-2-1-4(3-8-5)11(7,9)10/h1-3H. The zero-order chi connectivity index (χ0) is 8.48. The van der Waals surface area contributed by atoms with E-state index >= 15 is 0 Å². The summed E-state index contributed by atoms with van der Waals surface area (Å²) in [7, 11) is -4.75. The van der Waals surface area contributed by atoms with Gasteiger partial charge in [-0.1, -0.05) is 0 Å². The van der Waals surface area contributed by atoms with E-state index in [4.69, 9.17) is 0 Å². The number of pyridine rings is 1. The molecule has 1 aromatic heterocycles. The highest BCUT2D eigenvalue weighted by Gasteiger charge is 2.11. The minimum atomic E-state index is -4.75. The molecule has 0 aliphatic carbocycles. The molecule has 0 unspecified atom stereocenters. The van der Waals surface area contributed by atoms with Crippen LogP contribution in [0.4, 0.5) is 8.28 Å². The van der Waals surface area contributed by atoms with Gasteiger partial charge in [-0.3, -0.25) is 0 Å². The predicted molar refractivity (Wildman–Crippen MR) is 32.5 cm³/mol. The number of halogens is 2. The van der Waals surface area contributed by atoms with E-state index in [-0.39, 0.29) is 0 Å². The van der Waals surface area contributed by atoms with Crippen molar-refractivity contribution in [2.24, 2.45) is 0 Å². The van der Waals surface area contributed by atoms with Gasteiger partial charge in [-0.15, -0.1) is 3.89 Å². The van der Waals surface area contributed by atoms with Crippen molar-refractivity contribution in [3.05, 3.63) is 24.3 Å². The molecule has 0 bridgehead atoms. The SMILES string of the molecule is O=S(=O)(F)c1ccc(F)nc1. The van der Waals surface area contributed by atoms with Crippen LogP contribution in [0.25, 0.3) is 0 Å². The summed E-state index contributed by atoms with van der Waals surface area (Å²) in [5, 5.41) is 0. The van der Waals surface area contributed by atoms with Crippen LogP contribution in [0.1, 0.15) is 0 Å². The molecule has 3 nitrogen and oxygen atoms in total. The van der Waals surface area contributed by atoms with E-state index < -0.39 is 21.1 Å². The molecule has 0 atom stereocenters. The van der Waals surface area contributed by atoms with E-state index in [1.807, 2.05) is 0 Å². The lowest BCUT2D eigenvalue weighted by molar-refractivity contribution is 0.548. The van der Waals surface area contributed by atoms with Crippen molar-refractivity contribution in [1.29, 1.82) is 0 Å². The molecule has 0 aliphatic heterocycles. The minimum Gasteiger partial charge on any atom is -0.227 e. The van der Waals surface area contributed by atoms with Crippen LogP contribution in [-0.4, -0.2) is 13.4 Å². The first-order valence-electron chi connectivity index (χ1n) is 2.56. The summed E-state index contributed by atoms with van der Waals surface area (Å²) in [5.41, 5.74) is 0. The van der Waals surface area contributed by atoms with Crippen LogP contribution in [-0.2, 0) is 10.2 Å². The Morgan fingerprint density at radius 2 is 2.00 bits per heavy atom. The topological polar surface area (TPSA) is 47.0 Å². The van der Waals surface area contributed by atoms with Crippen LogP contribution in [0.2, 0.25) is 0 Å². The molecule has 6 heteroatoms. The first kappa shape index (κ1) is 8.06. The molecule has 0 amide bonds. The van der Waals surface area contributed by atoms with Gasteiger partial charge in [-0.25, -0.2) is 4.98 Å². The Morgan fingerprint density at radius 3 is 2.36 bits per heavy atom. The van der Waals surface area contributed by atoms with E-state index in [0.717, 1.165) is 12.1 Å². The van der Waals surface area contributed by atoms with Crippen LogP contribution in [0, 0.1) is 5.95 Å². The second-order valence-electron chi connectivity index (χ2n) is 1.75. The van der Waals surface area contributed by atoms with E-state index in [9.17, 15) is 16.7 Å². The summed E-state index contributed by atoms with van der Waals surface area (Å²) < 4.78 is 44.3. The predicted octanol–water partition coefficient (Wildman–Crippen LogP) is 0.879. The first-order valence-corrected chi connectivity index (χ1v) is 3.95. The second kappa shape index (κ2) is 2.54. The van der Waals surface area contributed by atoms with Gasteiger partial charge in [0, 0.05) is 0 Å². The van der Waals surface area contributed by atoms with Crippen LogP contribution in [0.5, 0.6) is 0 Å². The average molecular weight is 179 g/mol. The van der Waals surface area contributed by atoms with E-state index in [0.29, 0.717) is 6.20 Å². The van der Waals surface area contributed by atoms with Gasteiger partial charge in [0.1, 0.15) is 4.90 Å². The largest absolute Gasteiger partial charge is 0.333 e. The molecule has 1 heterocycles. The number of hydrogen-bond donors (Lipinski definition) is 0. The maximum atomic E-state index is 12.1. The van der Waals surface area contributed by atoms with Gasteiger partial charge in [0.2, 0.25) is 5.95 Å². The summed E-state index contributed by atoms with van der Waals surface area (Å²) in [6, 6.07) is 1.57. The molecule has 0 saturated carbocycles. The Balaban J connectivity index is 3.20. The third-order valence-corrected chi connectivity index (χ3v) is 1.79. The lowest BCUT2D eigenvalue weighted by Crippen LogP contribution is -1.93. The van der Waals surface area contributed by atoms with Crippen LogP contribution < -0.4 is 0 Å². The molecule has 0 aromatic carbocycles. The summed E-state index contributed by atoms with van der Waals surface area (Å²) in [6.07, 6.45) is 0.616. The number of hydrogen-bond acceptors (Lipinski definition) is 3. The summed E-state index contributed by atoms with van der Waals surface area (Å²) in [4.78, 5) is 2.32. The van der Waals surface area contributed by atoms with E-state index in [1.54, 1.807) is 0 Å². The highest BCUT2D eigenvalue weighted by Crippen LogP contribution is 2.09. The second-order valence-corrected chi connectivity index (χ2v) is 3.10. The maximum absolute atomic E-state index is 12.1. The third kappa shape index (κ3) is 1.94.